The number of alkyl halides is 3. The van der Waals surface area contributed by atoms with Gasteiger partial charge in [-0.25, -0.2) is 4.98 Å². The molecule has 390 valence electrons. The first-order valence-electron chi connectivity index (χ1n) is 23.5. The molecule has 5 aromatic rings. The summed E-state index contributed by atoms with van der Waals surface area (Å²) in [4.78, 5) is 63.5. The van der Waals surface area contributed by atoms with Gasteiger partial charge in [-0.1, -0.05) is 69.3 Å². The summed E-state index contributed by atoms with van der Waals surface area (Å²) >= 11 is 7.19. The van der Waals surface area contributed by atoms with Crippen LogP contribution >= 0.6 is 23.6 Å². The summed E-state index contributed by atoms with van der Waals surface area (Å²) in [7, 11) is 0. The molecule has 1 aromatic heterocycles. The van der Waals surface area contributed by atoms with E-state index in [1.54, 1.807) is 105 Å². The number of anilines is 2. The van der Waals surface area contributed by atoms with Gasteiger partial charge in [0.2, 0.25) is 17.7 Å². The Bertz CT molecular complexity index is 2920. The van der Waals surface area contributed by atoms with Gasteiger partial charge in [-0.2, -0.15) is 18.4 Å². The molecule has 5 atom stereocenters. The molecule has 16 nitrogen and oxygen atoms in total. The molecule has 7 rings (SSSR count). The Balaban J connectivity index is 0.870. The number of hydrogen-bond acceptors (Lipinski definition) is 13. The van der Waals surface area contributed by atoms with Gasteiger partial charge in [0.05, 0.1) is 51.7 Å². The topological polar surface area (TPSA) is 218 Å². The quantitative estimate of drug-likeness (QED) is 0.0628. The number of aliphatic hydroxyl groups is 3. The third kappa shape index (κ3) is 12.2. The number of ether oxygens (including phenoxy) is 2. The minimum atomic E-state index is -4.83. The van der Waals surface area contributed by atoms with Gasteiger partial charge in [-0.05, 0) is 103 Å². The summed E-state index contributed by atoms with van der Waals surface area (Å²) in [6.07, 6.45) is -8.63. The van der Waals surface area contributed by atoms with Crippen molar-refractivity contribution in [2.45, 2.75) is 96.6 Å². The summed E-state index contributed by atoms with van der Waals surface area (Å²) < 4.78 is 52.5. The average molecular weight is 1060 g/mol. The molecule has 5 N–H and O–H groups in total. The molecule has 4 amide bonds. The van der Waals surface area contributed by atoms with Crippen LogP contribution in [0.1, 0.15) is 63.4 Å². The molecule has 74 heavy (non-hydrogen) atoms. The van der Waals surface area contributed by atoms with Gasteiger partial charge in [-0.15, -0.1) is 11.3 Å². The van der Waals surface area contributed by atoms with Crippen LogP contribution in [0.15, 0.2) is 96.5 Å². The fourth-order valence-electron chi connectivity index (χ4n) is 8.67. The van der Waals surface area contributed by atoms with E-state index in [-0.39, 0.29) is 36.9 Å². The number of thiazole rings is 1. The summed E-state index contributed by atoms with van der Waals surface area (Å²) in [5.41, 5.74) is 2.65. The number of likely N-dealkylation sites (tertiary alicyclic amines) is 1. The van der Waals surface area contributed by atoms with Gasteiger partial charge < -0.3 is 45.2 Å². The van der Waals surface area contributed by atoms with E-state index in [0.29, 0.717) is 11.4 Å². The minimum absolute atomic E-state index is 0.0233. The molecule has 1 unspecified atom stereocenters. The molecule has 0 saturated carbocycles. The van der Waals surface area contributed by atoms with Crippen LogP contribution in [-0.2, 0) is 36.6 Å². The molecule has 2 fully saturated rings. The standard InChI is InChI=1S/C53H56F3N7O9S2/c1-30-45(74-29-59-30)34-9-7-31(8-10-34)24-58-47(68)41-22-38(64)25-61(41)48(69)46(51(2,3)4)60-44(67)28-71-26-42(65)43(66)27-72-39-19-14-33(15-20-39)32-11-16-36(17-12-32)63-50(73)62(49(70)52(63,5)6)37-18-13-35(23-57)40(21-37)53(54,55)56/h7-21,29,38,41-43,46,64-66H,22,24-28H2,1-6H3,(H,58,68)(H,60,67)/t38-,41+,42+,43+,46?/m1/s1. The zero-order chi connectivity index (χ0) is 53.9. The number of benzene rings is 4. The van der Waals surface area contributed by atoms with E-state index in [1.807, 2.05) is 31.2 Å². The first kappa shape index (κ1) is 55.0. The summed E-state index contributed by atoms with van der Waals surface area (Å²) in [6.45, 7) is 9.15. The first-order chi connectivity index (χ1) is 34.9. The second-order valence-electron chi connectivity index (χ2n) is 19.6. The lowest BCUT2D eigenvalue weighted by Gasteiger charge is -2.35. The van der Waals surface area contributed by atoms with Gasteiger partial charge in [0.15, 0.2) is 5.11 Å². The van der Waals surface area contributed by atoms with Crippen LogP contribution in [0.3, 0.4) is 0 Å². The first-order valence-corrected chi connectivity index (χ1v) is 24.8. The highest BCUT2D eigenvalue weighted by Gasteiger charge is 2.51. The summed E-state index contributed by atoms with van der Waals surface area (Å²) in [5.74, 6) is -1.86. The maximum atomic E-state index is 14.0. The number of aliphatic hydroxyl groups excluding tert-OH is 3. The highest BCUT2D eigenvalue weighted by molar-refractivity contribution is 7.81. The molecule has 2 saturated heterocycles. The molecular formula is C53H56F3N7O9S2. The molecule has 0 bridgehead atoms. The minimum Gasteiger partial charge on any atom is -0.491 e. The van der Waals surface area contributed by atoms with Crippen molar-refractivity contribution in [1.29, 1.82) is 5.26 Å². The number of rotatable bonds is 17. The van der Waals surface area contributed by atoms with Crippen LogP contribution < -0.4 is 25.2 Å². The Morgan fingerprint density at radius 3 is 2.14 bits per heavy atom. The van der Waals surface area contributed by atoms with Crippen molar-refractivity contribution in [3.05, 3.63) is 119 Å². The Kier molecular flexibility index (Phi) is 16.6. The van der Waals surface area contributed by atoms with E-state index < -0.39 is 95.5 Å². The number of β-amino-alcohol motifs (C(OH)–C–C–N with tert-alkyl or cyclic N) is 1. The van der Waals surface area contributed by atoms with Crippen LogP contribution in [-0.4, -0.2) is 116 Å². The molecule has 0 radical (unpaired) electrons. The molecule has 4 aromatic carbocycles. The lowest BCUT2D eigenvalue weighted by atomic mass is 9.85. The number of nitrogens with one attached hydrogen (secondary N) is 2. The van der Waals surface area contributed by atoms with Crippen molar-refractivity contribution >= 4 is 63.7 Å². The second-order valence-corrected chi connectivity index (χ2v) is 20.9. The number of carbonyl (C=O) groups excluding carboxylic acids is 4. The van der Waals surface area contributed by atoms with Crippen molar-refractivity contribution in [2.75, 3.05) is 36.2 Å². The number of nitriles is 1. The SMILES string of the molecule is Cc1ncsc1-c1ccc(CNC(=O)[C@@H]2C[C@@H](O)CN2C(=O)C(NC(=O)COC[C@H](O)[C@@H](O)COc2ccc(-c3ccc(N4C(=S)N(c5ccc(C#N)c(C(F)(F)F)c5)C(=O)C4(C)C)cc3)cc2)C(C)(C)C)cc1. The van der Waals surface area contributed by atoms with Crippen molar-refractivity contribution in [1.82, 2.24) is 20.5 Å². The molecule has 3 heterocycles. The number of thiocarbonyl (C=S) groups is 1. The Labute approximate surface area is 435 Å². The van der Waals surface area contributed by atoms with Crippen molar-refractivity contribution in [3.8, 4) is 33.4 Å². The van der Waals surface area contributed by atoms with Crippen molar-refractivity contribution < 1.29 is 57.1 Å². The van der Waals surface area contributed by atoms with Crippen molar-refractivity contribution in [3.63, 3.8) is 0 Å². The zero-order valence-corrected chi connectivity index (χ0v) is 43.0. The molecule has 2 aliphatic rings. The Morgan fingerprint density at radius 2 is 1.54 bits per heavy atom. The third-order valence-electron chi connectivity index (χ3n) is 12.8. The predicted octanol–water partition coefficient (Wildman–Crippen LogP) is 6.52. The van der Waals surface area contributed by atoms with E-state index >= 15 is 0 Å². The maximum Gasteiger partial charge on any atom is 0.417 e. The summed E-state index contributed by atoms with van der Waals surface area (Å²) in [5, 5.41) is 46.6. The molecule has 0 spiro atoms. The number of aromatic nitrogens is 1. The number of amides is 4. The largest absolute Gasteiger partial charge is 0.491 e. The number of halogens is 3. The molecule has 21 heteroatoms. The van der Waals surface area contributed by atoms with Gasteiger partial charge >= 0.3 is 6.18 Å². The van der Waals surface area contributed by atoms with Crippen LogP contribution in [0.5, 0.6) is 5.75 Å². The predicted molar refractivity (Wildman–Crippen MR) is 275 cm³/mol. The van der Waals surface area contributed by atoms with Gasteiger partial charge in [-0.3, -0.25) is 24.1 Å². The smallest absolute Gasteiger partial charge is 0.417 e. The van der Waals surface area contributed by atoms with E-state index in [1.165, 1.54) is 17.0 Å². The fraction of sp³-hybridized carbons (Fsp3) is 0.377. The van der Waals surface area contributed by atoms with E-state index in [9.17, 15) is 52.9 Å². The lowest BCUT2D eigenvalue weighted by molar-refractivity contribution is -0.145. The zero-order valence-electron chi connectivity index (χ0n) is 41.3. The fourth-order valence-corrected chi connectivity index (χ4v) is 10.00. The van der Waals surface area contributed by atoms with Gasteiger partial charge in [0.1, 0.15) is 48.8 Å². The number of hydrogen-bond donors (Lipinski definition) is 5. The Morgan fingerprint density at radius 1 is 0.932 bits per heavy atom. The molecule has 2 aliphatic heterocycles. The van der Waals surface area contributed by atoms with Crippen LogP contribution in [0.4, 0.5) is 24.5 Å². The molecule has 0 aliphatic carbocycles. The Hall–Kier alpha value is -6.80. The summed E-state index contributed by atoms with van der Waals surface area (Å²) in [6, 6.07) is 24.0. The van der Waals surface area contributed by atoms with E-state index in [2.05, 4.69) is 15.6 Å². The van der Waals surface area contributed by atoms with Crippen LogP contribution in [0.25, 0.3) is 21.6 Å². The number of nitrogens with zero attached hydrogens (tertiary/aromatic N) is 5. The van der Waals surface area contributed by atoms with E-state index in [4.69, 9.17) is 21.7 Å². The van der Waals surface area contributed by atoms with Crippen LogP contribution in [0, 0.1) is 23.7 Å². The molecular weight excluding hydrogens is 1000 g/mol. The number of aryl methyl sites for hydroxylation is 1. The average Bonchev–Trinajstić information content (AvgIpc) is 4.03. The second kappa shape index (κ2) is 22.4. The van der Waals surface area contributed by atoms with Crippen molar-refractivity contribution in [2.24, 2.45) is 5.41 Å². The highest BCUT2D eigenvalue weighted by Crippen LogP contribution is 2.40. The van der Waals surface area contributed by atoms with E-state index in [0.717, 1.165) is 49.9 Å². The normalized spacial score (nSPS) is 18.0. The monoisotopic (exact) mass is 1060 g/mol. The third-order valence-corrected chi connectivity index (χ3v) is 14.1. The van der Waals surface area contributed by atoms with Crippen LogP contribution in [0.2, 0.25) is 0 Å². The lowest BCUT2D eigenvalue weighted by Crippen LogP contribution is -2.58. The van der Waals surface area contributed by atoms with Gasteiger partial charge in [0, 0.05) is 25.2 Å². The maximum absolute atomic E-state index is 14.0. The highest BCUT2D eigenvalue weighted by atomic mass is 32.1. The van der Waals surface area contributed by atoms with Gasteiger partial charge in [0.25, 0.3) is 5.91 Å². The number of carbonyl (C=O) groups is 4.